The second-order valence-corrected chi connectivity index (χ2v) is 9.69. The third kappa shape index (κ3) is 6.48. The lowest BCUT2D eigenvalue weighted by Crippen LogP contribution is -2.44. The number of allylic oxidation sites excluding steroid dienone is 2. The van der Waals surface area contributed by atoms with E-state index in [-0.39, 0.29) is 17.7 Å². The highest BCUT2D eigenvalue weighted by molar-refractivity contribution is 6.33. The molecule has 0 aliphatic carbocycles. The molecule has 2 fully saturated rings. The number of piperidine rings is 1. The van der Waals surface area contributed by atoms with E-state index in [4.69, 9.17) is 17.3 Å². The molecule has 2 heterocycles. The summed E-state index contributed by atoms with van der Waals surface area (Å²) in [6.07, 6.45) is 1.71. The number of likely N-dealkylation sites (tertiary alicyclic amines) is 2. The number of hydrogen-bond acceptors (Lipinski definition) is 4. The maximum atomic E-state index is 13.3. The van der Waals surface area contributed by atoms with Crippen LogP contribution >= 0.6 is 11.6 Å². The molecule has 2 aromatic carbocycles. The van der Waals surface area contributed by atoms with Crippen molar-refractivity contribution in [2.45, 2.75) is 44.3 Å². The summed E-state index contributed by atoms with van der Waals surface area (Å²) in [4.78, 5) is 22.0. The molecule has 2 aliphatic heterocycles. The van der Waals surface area contributed by atoms with Crippen molar-refractivity contribution in [1.82, 2.24) is 9.80 Å². The Hall–Kier alpha value is -2.84. The van der Waals surface area contributed by atoms with Gasteiger partial charge < -0.3 is 15.5 Å². The normalized spacial score (nSPS) is 20.1. The zero-order valence-electron chi connectivity index (χ0n) is 20.0. The molecule has 2 aliphatic rings. The number of carbonyl (C=O) groups excluding carboxylic acids is 1. The summed E-state index contributed by atoms with van der Waals surface area (Å²) in [7, 11) is 0. The number of para-hydroxylation sites is 1. The van der Waals surface area contributed by atoms with Gasteiger partial charge >= 0.3 is 6.18 Å². The van der Waals surface area contributed by atoms with Crippen LogP contribution in [0.3, 0.4) is 0 Å². The molecule has 2 aromatic rings. The van der Waals surface area contributed by atoms with Gasteiger partial charge in [-0.15, -0.1) is 0 Å². The van der Waals surface area contributed by atoms with Crippen molar-refractivity contribution in [3.63, 3.8) is 0 Å². The first-order valence-corrected chi connectivity index (χ1v) is 12.6. The van der Waals surface area contributed by atoms with Crippen LogP contribution in [0.25, 0.3) is 0 Å². The maximum absolute atomic E-state index is 13.3. The van der Waals surface area contributed by atoms with Crippen molar-refractivity contribution in [2.75, 3.05) is 26.2 Å². The van der Waals surface area contributed by atoms with Gasteiger partial charge in [0, 0.05) is 30.3 Å². The SMILES string of the molecule is NC(=CC(=Nc1ccccc1Cl)c1ccc(C(=O)N2CCCC2CN2CCCCC2)cc1)C(F)(F)F. The van der Waals surface area contributed by atoms with E-state index in [1.807, 2.05) is 4.90 Å². The minimum absolute atomic E-state index is 0.000992. The molecule has 1 atom stereocenters. The lowest BCUT2D eigenvalue weighted by molar-refractivity contribution is -0.0925. The van der Waals surface area contributed by atoms with Crippen molar-refractivity contribution < 1.29 is 18.0 Å². The van der Waals surface area contributed by atoms with Crippen molar-refractivity contribution in [1.29, 1.82) is 0 Å². The van der Waals surface area contributed by atoms with E-state index in [1.165, 1.54) is 19.3 Å². The summed E-state index contributed by atoms with van der Waals surface area (Å²) in [5.41, 5.74) is 5.23. The quantitative estimate of drug-likeness (QED) is 0.480. The molecule has 4 rings (SSSR count). The second kappa shape index (κ2) is 11.5. The molecule has 0 saturated carbocycles. The van der Waals surface area contributed by atoms with Gasteiger partial charge in [0.1, 0.15) is 5.70 Å². The Bertz CT molecular complexity index is 1120. The van der Waals surface area contributed by atoms with E-state index < -0.39 is 11.9 Å². The number of nitrogens with two attached hydrogens (primary N) is 1. The van der Waals surface area contributed by atoms with Crippen molar-refractivity contribution in [3.8, 4) is 0 Å². The van der Waals surface area contributed by atoms with Crippen LogP contribution in [-0.4, -0.2) is 59.8 Å². The van der Waals surface area contributed by atoms with Gasteiger partial charge in [-0.3, -0.25) is 4.79 Å². The van der Waals surface area contributed by atoms with Gasteiger partial charge in [0.2, 0.25) is 0 Å². The Balaban J connectivity index is 1.57. The zero-order chi connectivity index (χ0) is 25.7. The number of nitrogens with zero attached hydrogens (tertiary/aromatic N) is 3. The minimum atomic E-state index is -4.70. The summed E-state index contributed by atoms with van der Waals surface area (Å²) in [5.74, 6) is -0.0593. The standard InChI is InChI=1S/C27H30ClF3N4O/c28-22-8-2-3-9-23(22)33-24(17-25(32)27(29,30)31)19-10-12-20(13-11-19)26(36)35-16-6-7-21(35)18-34-14-4-1-5-15-34/h2-3,8-13,17,21H,1,4-7,14-16,18,32H2. The number of benzene rings is 2. The fraction of sp³-hybridized carbons (Fsp3) is 0.407. The number of carbonyl (C=O) groups is 1. The highest BCUT2D eigenvalue weighted by Crippen LogP contribution is 2.28. The number of amides is 1. The van der Waals surface area contributed by atoms with Crippen LogP contribution in [-0.2, 0) is 0 Å². The Kier molecular flexibility index (Phi) is 8.36. The van der Waals surface area contributed by atoms with E-state index >= 15 is 0 Å². The molecule has 9 heteroatoms. The number of halogens is 4. The molecule has 0 radical (unpaired) electrons. The number of rotatable bonds is 6. The molecule has 2 saturated heterocycles. The van der Waals surface area contributed by atoms with E-state index in [9.17, 15) is 18.0 Å². The van der Waals surface area contributed by atoms with Crippen LogP contribution in [0.4, 0.5) is 18.9 Å². The topological polar surface area (TPSA) is 61.9 Å². The Labute approximate surface area is 214 Å². The first kappa shape index (κ1) is 26.2. The van der Waals surface area contributed by atoms with Gasteiger partial charge in [0.05, 0.1) is 16.4 Å². The largest absolute Gasteiger partial charge is 0.430 e. The monoisotopic (exact) mass is 518 g/mol. The van der Waals surface area contributed by atoms with Crippen LogP contribution in [0.5, 0.6) is 0 Å². The van der Waals surface area contributed by atoms with Crippen LogP contribution in [0.2, 0.25) is 5.02 Å². The molecular formula is C27H30ClF3N4O. The second-order valence-electron chi connectivity index (χ2n) is 9.28. The van der Waals surface area contributed by atoms with Crippen molar-refractivity contribution >= 4 is 28.9 Å². The van der Waals surface area contributed by atoms with Gasteiger partial charge in [-0.2, -0.15) is 13.2 Å². The fourth-order valence-corrected chi connectivity index (χ4v) is 4.94. The number of alkyl halides is 3. The summed E-state index contributed by atoms with van der Waals surface area (Å²) in [6, 6.07) is 13.2. The Morgan fingerprint density at radius 2 is 1.67 bits per heavy atom. The molecule has 0 spiro atoms. The first-order valence-electron chi connectivity index (χ1n) is 12.2. The van der Waals surface area contributed by atoms with Gasteiger partial charge in [-0.25, -0.2) is 4.99 Å². The number of aliphatic imine (C=N–C) groups is 1. The van der Waals surface area contributed by atoms with E-state index in [0.717, 1.165) is 38.6 Å². The summed E-state index contributed by atoms with van der Waals surface area (Å²) >= 11 is 6.17. The lowest BCUT2D eigenvalue weighted by atomic mass is 10.0. The van der Waals surface area contributed by atoms with E-state index in [0.29, 0.717) is 28.4 Å². The third-order valence-corrected chi connectivity index (χ3v) is 7.02. The first-order chi connectivity index (χ1) is 17.2. The summed E-state index contributed by atoms with van der Waals surface area (Å²) in [5, 5.41) is 0.301. The Morgan fingerprint density at radius 3 is 2.33 bits per heavy atom. The van der Waals surface area contributed by atoms with Crippen LogP contribution < -0.4 is 5.73 Å². The zero-order valence-corrected chi connectivity index (χ0v) is 20.7. The van der Waals surface area contributed by atoms with Crippen LogP contribution in [0, 0.1) is 0 Å². The van der Waals surface area contributed by atoms with Gasteiger partial charge in [-0.1, -0.05) is 42.3 Å². The average Bonchev–Trinajstić information content (AvgIpc) is 3.32. The van der Waals surface area contributed by atoms with Crippen molar-refractivity contribution in [2.24, 2.45) is 10.7 Å². The van der Waals surface area contributed by atoms with Crippen LogP contribution in [0.1, 0.15) is 48.0 Å². The summed E-state index contributed by atoms with van der Waals surface area (Å²) < 4.78 is 39.5. The smallest absolute Gasteiger partial charge is 0.395 e. The molecule has 1 amide bonds. The average molecular weight is 519 g/mol. The molecule has 192 valence electrons. The molecular weight excluding hydrogens is 489 g/mol. The Morgan fingerprint density at radius 1 is 1.00 bits per heavy atom. The van der Waals surface area contributed by atoms with Crippen LogP contribution in [0.15, 0.2) is 65.3 Å². The third-order valence-electron chi connectivity index (χ3n) is 6.70. The molecule has 1 unspecified atom stereocenters. The van der Waals surface area contributed by atoms with Gasteiger partial charge in [-0.05, 0) is 69.1 Å². The summed E-state index contributed by atoms with van der Waals surface area (Å²) in [6.45, 7) is 3.76. The van der Waals surface area contributed by atoms with E-state index in [2.05, 4.69) is 9.89 Å². The number of hydrogen-bond donors (Lipinski definition) is 1. The molecule has 5 nitrogen and oxygen atoms in total. The highest BCUT2D eigenvalue weighted by atomic mass is 35.5. The molecule has 2 N–H and O–H groups in total. The van der Waals surface area contributed by atoms with E-state index in [1.54, 1.807) is 48.5 Å². The predicted molar refractivity (Wildman–Crippen MR) is 137 cm³/mol. The lowest BCUT2D eigenvalue weighted by Gasteiger charge is -2.33. The maximum Gasteiger partial charge on any atom is 0.430 e. The molecule has 0 aromatic heterocycles. The predicted octanol–water partition coefficient (Wildman–Crippen LogP) is 5.96. The highest BCUT2D eigenvalue weighted by Gasteiger charge is 2.32. The molecule has 36 heavy (non-hydrogen) atoms. The van der Waals surface area contributed by atoms with Crippen molar-refractivity contribution in [3.05, 3.63) is 76.5 Å². The fourth-order valence-electron chi connectivity index (χ4n) is 4.76. The minimum Gasteiger partial charge on any atom is -0.395 e. The molecule has 0 bridgehead atoms. The van der Waals surface area contributed by atoms with Gasteiger partial charge in [0.15, 0.2) is 0 Å². The van der Waals surface area contributed by atoms with Gasteiger partial charge in [0.25, 0.3) is 5.91 Å².